The summed E-state index contributed by atoms with van der Waals surface area (Å²) >= 11 is 0. The number of amides is 2. The number of aromatic carboxylic acids is 1. The van der Waals surface area contributed by atoms with Gasteiger partial charge in [0.25, 0.3) is 0 Å². The van der Waals surface area contributed by atoms with Crippen LogP contribution < -0.4 is 17.2 Å². The third kappa shape index (κ3) is 7.41. The number of hydrogen-bond acceptors (Lipinski definition) is 4. The van der Waals surface area contributed by atoms with Gasteiger partial charge in [-0.3, -0.25) is 14.6 Å². The van der Waals surface area contributed by atoms with E-state index in [4.69, 9.17) is 17.2 Å². The number of carbonyl (C=O) groups excluding carboxylic acids is 2. The van der Waals surface area contributed by atoms with Gasteiger partial charge in [0, 0.05) is 13.1 Å². The first-order valence-corrected chi connectivity index (χ1v) is 11.8. The van der Waals surface area contributed by atoms with E-state index in [0.29, 0.717) is 12.0 Å². The van der Waals surface area contributed by atoms with E-state index in [9.17, 15) is 19.5 Å². The van der Waals surface area contributed by atoms with Gasteiger partial charge in [-0.2, -0.15) is 0 Å². The molecule has 3 rings (SSSR count). The average molecular weight is 502 g/mol. The molecule has 0 aliphatic heterocycles. The third-order valence-electron chi connectivity index (χ3n) is 5.98. The summed E-state index contributed by atoms with van der Waals surface area (Å²) in [5, 5.41) is 9.24. The zero-order valence-electron chi connectivity index (χ0n) is 20.4. The van der Waals surface area contributed by atoms with Crippen molar-refractivity contribution in [3.63, 3.8) is 0 Å². The molecule has 0 aliphatic carbocycles. The number of rotatable bonds is 12. The minimum atomic E-state index is -1.05. The summed E-state index contributed by atoms with van der Waals surface area (Å²) in [5.41, 5.74) is 19.0. The molecule has 0 saturated heterocycles. The van der Waals surface area contributed by atoms with Gasteiger partial charge < -0.3 is 27.2 Å². The molecule has 0 spiro atoms. The van der Waals surface area contributed by atoms with Gasteiger partial charge >= 0.3 is 5.97 Å². The predicted octanol–water partition coefficient (Wildman–Crippen LogP) is 2.45. The van der Waals surface area contributed by atoms with Crippen LogP contribution in [0.2, 0.25) is 0 Å². The molecule has 3 aromatic carbocycles. The molecule has 0 aliphatic rings. The number of nitrogens with zero attached hydrogens (tertiary/aromatic N) is 2. The van der Waals surface area contributed by atoms with Crippen LogP contribution in [0.15, 0.2) is 89.9 Å². The molecule has 0 fully saturated rings. The topological polar surface area (TPSA) is 165 Å². The molecule has 37 heavy (non-hydrogen) atoms. The number of aliphatic imine (C=N–C) groups is 1. The Hall–Kier alpha value is -4.66. The van der Waals surface area contributed by atoms with Crippen LogP contribution in [0.3, 0.4) is 0 Å². The van der Waals surface area contributed by atoms with Gasteiger partial charge in [-0.1, -0.05) is 72.8 Å². The van der Waals surface area contributed by atoms with Gasteiger partial charge in [0.05, 0.1) is 11.5 Å². The van der Waals surface area contributed by atoms with E-state index in [1.807, 2.05) is 60.7 Å². The minimum absolute atomic E-state index is 0.0599. The first-order valence-electron chi connectivity index (χ1n) is 11.8. The number of primary amides is 1. The fraction of sp³-hybridized carbons (Fsp3) is 0.214. The summed E-state index contributed by atoms with van der Waals surface area (Å²) in [5.74, 6) is -2.75. The Morgan fingerprint density at radius 3 is 1.81 bits per heavy atom. The molecule has 0 bridgehead atoms. The van der Waals surface area contributed by atoms with Crippen molar-refractivity contribution in [2.75, 3.05) is 6.54 Å². The highest BCUT2D eigenvalue weighted by Gasteiger charge is 2.34. The summed E-state index contributed by atoms with van der Waals surface area (Å²) in [7, 11) is 0. The molecule has 0 radical (unpaired) electrons. The predicted molar refractivity (Wildman–Crippen MR) is 142 cm³/mol. The van der Waals surface area contributed by atoms with Gasteiger partial charge in [-0.25, -0.2) is 4.79 Å². The van der Waals surface area contributed by atoms with E-state index >= 15 is 0 Å². The van der Waals surface area contributed by atoms with E-state index < -0.39 is 23.8 Å². The largest absolute Gasteiger partial charge is 0.478 e. The molecule has 2 amide bonds. The second kappa shape index (κ2) is 12.9. The molecule has 0 unspecified atom stereocenters. The van der Waals surface area contributed by atoms with Gasteiger partial charge in [-0.05, 0) is 41.7 Å². The van der Waals surface area contributed by atoms with Crippen LogP contribution in [-0.2, 0) is 16.1 Å². The van der Waals surface area contributed by atoms with E-state index in [2.05, 4.69) is 4.99 Å². The summed E-state index contributed by atoms with van der Waals surface area (Å²) in [6.45, 7) is 0.340. The SMILES string of the molecule is NC(=O)[C@@H](CCCN=C(N)N)N(Cc1ccc(C(=O)O)cc1)C(=O)C(c1ccccc1)c1ccccc1. The minimum Gasteiger partial charge on any atom is -0.478 e. The van der Waals surface area contributed by atoms with Crippen molar-refractivity contribution in [1.82, 2.24) is 4.90 Å². The lowest BCUT2D eigenvalue weighted by Gasteiger charge is -2.33. The average Bonchev–Trinajstić information content (AvgIpc) is 2.89. The van der Waals surface area contributed by atoms with Crippen LogP contribution in [0.4, 0.5) is 0 Å². The Kier molecular flexibility index (Phi) is 9.37. The molecular formula is C28H31N5O4. The van der Waals surface area contributed by atoms with Crippen LogP contribution in [0.25, 0.3) is 0 Å². The molecule has 0 heterocycles. The molecule has 0 saturated carbocycles. The van der Waals surface area contributed by atoms with Crippen LogP contribution in [0.5, 0.6) is 0 Å². The highest BCUT2D eigenvalue weighted by atomic mass is 16.4. The maximum Gasteiger partial charge on any atom is 0.335 e. The van der Waals surface area contributed by atoms with Gasteiger partial charge in [0.15, 0.2) is 5.96 Å². The van der Waals surface area contributed by atoms with Crippen molar-refractivity contribution in [3.8, 4) is 0 Å². The van der Waals surface area contributed by atoms with Crippen LogP contribution >= 0.6 is 0 Å². The van der Waals surface area contributed by atoms with Crippen LogP contribution in [-0.4, -0.2) is 46.3 Å². The molecule has 3 aromatic rings. The summed E-state index contributed by atoms with van der Waals surface area (Å²) in [6, 6.07) is 23.9. The van der Waals surface area contributed by atoms with E-state index in [0.717, 1.165) is 11.1 Å². The Labute approximate surface area is 215 Å². The number of hydrogen-bond donors (Lipinski definition) is 4. The summed E-state index contributed by atoms with van der Waals surface area (Å²) in [6.07, 6.45) is 0.677. The molecule has 9 heteroatoms. The highest BCUT2D eigenvalue weighted by molar-refractivity contribution is 5.92. The lowest BCUT2D eigenvalue weighted by Crippen LogP contribution is -2.49. The van der Waals surface area contributed by atoms with E-state index in [1.54, 1.807) is 12.1 Å². The number of guanidine groups is 1. The van der Waals surface area contributed by atoms with Crippen LogP contribution in [0, 0.1) is 0 Å². The van der Waals surface area contributed by atoms with E-state index in [-0.39, 0.29) is 36.9 Å². The number of nitrogens with two attached hydrogens (primary N) is 3. The summed E-state index contributed by atoms with van der Waals surface area (Å²) < 4.78 is 0. The van der Waals surface area contributed by atoms with Gasteiger partial charge in [0.1, 0.15) is 6.04 Å². The molecule has 1 atom stereocenters. The Balaban J connectivity index is 2.03. The number of benzene rings is 3. The second-order valence-electron chi connectivity index (χ2n) is 8.59. The standard InChI is InChI=1S/C28H31N5O4/c29-25(34)23(12-7-17-32-28(30)31)33(18-19-13-15-22(16-14-19)27(36)37)26(35)24(20-8-3-1-4-9-20)21-10-5-2-6-11-21/h1-6,8-11,13-16,23-24H,7,12,17-18H2,(H2,29,34)(H,36,37)(H4,30,31,32)/t23-/m1/s1. The second-order valence-corrected chi connectivity index (χ2v) is 8.59. The number of carboxylic acid groups (broad SMARTS) is 1. The molecule has 192 valence electrons. The Bertz CT molecular complexity index is 1190. The fourth-order valence-electron chi connectivity index (χ4n) is 4.17. The zero-order valence-corrected chi connectivity index (χ0v) is 20.4. The van der Waals surface area contributed by atoms with Gasteiger partial charge in [0.2, 0.25) is 11.8 Å². The normalized spacial score (nSPS) is 11.5. The zero-order chi connectivity index (χ0) is 26.8. The Morgan fingerprint density at radius 2 is 1.35 bits per heavy atom. The summed E-state index contributed by atoms with van der Waals surface area (Å²) in [4.78, 5) is 43.7. The lowest BCUT2D eigenvalue weighted by molar-refractivity contribution is -0.141. The maximum atomic E-state index is 14.3. The van der Waals surface area contributed by atoms with Crippen molar-refractivity contribution >= 4 is 23.7 Å². The number of carboxylic acids is 1. The highest BCUT2D eigenvalue weighted by Crippen LogP contribution is 2.29. The van der Waals surface area contributed by atoms with Crippen molar-refractivity contribution in [2.45, 2.75) is 31.3 Å². The van der Waals surface area contributed by atoms with Crippen molar-refractivity contribution in [2.24, 2.45) is 22.2 Å². The smallest absolute Gasteiger partial charge is 0.335 e. The van der Waals surface area contributed by atoms with Crippen molar-refractivity contribution in [3.05, 3.63) is 107 Å². The first-order chi connectivity index (χ1) is 17.8. The fourth-order valence-corrected chi connectivity index (χ4v) is 4.17. The quantitative estimate of drug-likeness (QED) is 0.169. The number of carbonyl (C=O) groups is 3. The lowest BCUT2D eigenvalue weighted by atomic mass is 9.89. The molecule has 0 aromatic heterocycles. The van der Waals surface area contributed by atoms with Crippen LogP contribution in [0.1, 0.15) is 45.8 Å². The maximum absolute atomic E-state index is 14.3. The monoisotopic (exact) mass is 501 g/mol. The van der Waals surface area contributed by atoms with Crippen molar-refractivity contribution < 1.29 is 19.5 Å². The van der Waals surface area contributed by atoms with Crippen molar-refractivity contribution in [1.29, 1.82) is 0 Å². The Morgan fingerprint density at radius 1 is 0.811 bits per heavy atom. The molecule has 7 N–H and O–H groups in total. The molecular weight excluding hydrogens is 470 g/mol. The van der Waals surface area contributed by atoms with Gasteiger partial charge in [-0.15, -0.1) is 0 Å². The third-order valence-corrected chi connectivity index (χ3v) is 5.98. The van der Waals surface area contributed by atoms with E-state index in [1.165, 1.54) is 17.0 Å². The first kappa shape index (κ1) is 26.9. The molecule has 9 nitrogen and oxygen atoms in total.